The van der Waals surface area contributed by atoms with Gasteiger partial charge in [0, 0.05) is 7.05 Å². The molecule has 11 heteroatoms. The summed E-state index contributed by atoms with van der Waals surface area (Å²) in [7, 11) is -3.22. The summed E-state index contributed by atoms with van der Waals surface area (Å²) in [6.07, 6.45) is -5.41. The summed E-state index contributed by atoms with van der Waals surface area (Å²) in [5.41, 5.74) is 0.753. The molecule has 1 aliphatic heterocycles. The van der Waals surface area contributed by atoms with Gasteiger partial charge in [0.15, 0.2) is 0 Å². The second-order valence-corrected chi connectivity index (χ2v) is 11.0. The Morgan fingerprint density at radius 2 is 1.58 bits per heavy atom. The van der Waals surface area contributed by atoms with Crippen LogP contribution in [0.5, 0.6) is 0 Å². The van der Waals surface area contributed by atoms with Gasteiger partial charge in [0.1, 0.15) is 6.04 Å². The van der Waals surface area contributed by atoms with E-state index in [-0.39, 0.29) is 16.3 Å². The molecule has 1 N–H and O–H groups in total. The van der Waals surface area contributed by atoms with Crippen molar-refractivity contribution in [3.05, 3.63) is 82.9 Å². The molecule has 1 atom stereocenters. The Morgan fingerprint density at radius 1 is 1.00 bits per heavy atom. The highest BCUT2D eigenvalue weighted by atomic mass is 32.2. The molecule has 2 amide bonds. The summed E-state index contributed by atoms with van der Waals surface area (Å²) in [5.74, 6) is -1.63. The number of alkyl halides is 3. The molecule has 200 valence electrons. The van der Waals surface area contributed by atoms with Gasteiger partial charge in [-0.05, 0) is 56.2 Å². The Bertz CT molecular complexity index is 1510. The number of benzene rings is 3. The molecule has 3 aromatic carbocycles. The van der Waals surface area contributed by atoms with Gasteiger partial charge in [0.2, 0.25) is 11.8 Å². The van der Waals surface area contributed by atoms with Gasteiger partial charge in [-0.25, -0.2) is 8.42 Å². The van der Waals surface area contributed by atoms with Crippen LogP contribution in [-0.2, 0) is 25.8 Å². The third kappa shape index (κ3) is 4.85. The molecule has 0 bridgehead atoms. The van der Waals surface area contributed by atoms with Crippen molar-refractivity contribution in [1.29, 1.82) is 0 Å². The predicted molar refractivity (Wildman–Crippen MR) is 139 cm³/mol. The zero-order valence-electron chi connectivity index (χ0n) is 21.1. The standard InChI is InChI=1S/C27H26F3N3O4S/c1-16-13-17(2)25(18(3)14-16)38(36,37)33-22-12-8-6-10-20(22)31-26(35)23(33)15-24(34)32(4)21-11-7-5-9-19(21)27(28,29)30/h5-14,23H,15H2,1-4H3,(H,31,35). The number of hydrogen-bond acceptors (Lipinski definition) is 4. The summed E-state index contributed by atoms with van der Waals surface area (Å²) in [6.45, 7) is 5.12. The number of carbonyl (C=O) groups excluding carboxylic acids is 2. The monoisotopic (exact) mass is 545 g/mol. The lowest BCUT2D eigenvalue weighted by molar-refractivity contribution is -0.137. The maximum absolute atomic E-state index is 14.1. The van der Waals surface area contributed by atoms with Gasteiger partial charge in [0.25, 0.3) is 10.0 Å². The molecule has 7 nitrogen and oxygen atoms in total. The second-order valence-electron chi connectivity index (χ2n) is 9.22. The first-order valence-corrected chi connectivity index (χ1v) is 13.1. The number of nitrogens with zero attached hydrogens (tertiary/aromatic N) is 2. The van der Waals surface area contributed by atoms with E-state index in [2.05, 4.69) is 5.32 Å². The molecule has 3 aromatic rings. The van der Waals surface area contributed by atoms with E-state index in [4.69, 9.17) is 0 Å². The summed E-state index contributed by atoms with van der Waals surface area (Å²) in [6, 6.07) is 12.7. The highest BCUT2D eigenvalue weighted by Gasteiger charge is 2.44. The summed E-state index contributed by atoms with van der Waals surface area (Å²) in [4.78, 5) is 27.3. The van der Waals surface area contributed by atoms with Crippen LogP contribution in [0.1, 0.15) is 28.7 Å². The number of fused-ring (bicyclic) bond motifs is 1. The van der Waals surface area contributed by atoms with E-state index in [1.54, 1.807) is 38.1 Å². The lowest BCUT2D eigenvalue weighted by Crippen LogP contribution is -2.53. The fourth-order valence-corrected chi connectivity index (χ4v) is 6.90. The number of hydrogen-bond donors (Lipinski definition) is 1. The van der Waals surface area contributed by atoms with Crippen molar-refractivity contribution in [2.75, 3.05) is 21.6 Å². The number of aryl methyl sites for hydroxylation is 3. The Labute approximate surface area is 218 Å². The summed E-state index contributed by atoms with van der Waals surface area (Å²) in [5, 5.41) is 2.63. The lowest BCUT2D eigenvalue weighted by Gasteiger charge is -2.38. The number of amides is 2. The molecular formula is C27H26F3N3O4S. The molecule has 4 rings (SSSR count). The van der Waals surface area contributed by atoms with E-state index in [1.807, 2.05) is 6.92 Å². The van der Waals surface area contributed by atoms with Gasteiger partial charge >= 0.3 is 6.18 Å². The van der Waals surface area contributed by atoms with E-state index >= 15 is 0 Å². The molecule has 0 spiro atoms. The number of carbonyl (C=O) groups is 2. The Hall–Kier alpha value is -3.86. The predicted octanol–water partition coefficient (Wildman–Crippen LogP) is 5.20. The number of rotatable bonds is 5. The molecule has 1 unspecified atom stereocenters. The van der Waals surface area contributed by atoms with Crippen LogP contribution in [0.4, 0.5) is 30.2 Å². The minimum Gasteiger partial charge on any atom is -0.322 e. The number of anilines is 3. The van der Waals surface area contributed by atoms with Crippen LogP contribution in [0.2, 0.25) is 0 Å². The molecule has 1 heterocycles. The topological polar surface area (TPSA) is 86.8 Å². The van der Waals surface area contributed by atoms with Gasteiger partial charge in [0.05, 0.1) is 33.9 Å². The molecular weight excluding hydrogens is 519 g/mol. The fraction of sp³-hybridized carbons (Fsp3) is 0.259. The van der Waals surface area contributed by atoms with Crippen LogP contribution in [0, 0.1) is 20.8 Å². The normalized spacial score (nSPS) is 15.6. The van der Waals surface area contributed by atoms with E-state index < -0.39 is 51.7 Å². The minimum atomic E-state index is -4.72. The van der Waals surface area contributed by atoms with E-state index in [9.17, 15) is 31.2 Å². The average Bonchev–Trinajstić information content (AvgIpc) is 2.82. The fourth-order valence-electron chi connectivity index (χ4n) is 4.85. The third-order valence-electron chi connectivity index (χ3n) is 6.42. The molecule has 0 radical (unpaired) electrons. The molecule has 1 aliphatic rings. The maximum atomic E-state index is 14.1. The summed E-state index contributed by atoms with van der Waals surface area (Å²) < 4.78 is 69.9. The van der Waals surface area contributed by atoms with Gasteiger partial charge in [-0.1, -0.05) is 42.0 Å². The lowest BCUT2D eigenvalue weighted by atomic mass is 10.1. The van der Waals surface area contributed by atoms with Crippen molar-refractivity contribution in [2.45, 2.75) is 44.3 Å². The smallest absolute Gasteiger partial charge is 0.322 e. The van der Waals surface area contributed by atoms with Crippen LogP contribution >= 0.6 is 0 Å². The second kappa shape index (κ2) is 9.79. The SMILES string of the molecule is Cc1cc(C)c(S(=O)(=O)N2c3ccccc3NC(=O)C2CC(=O)N(C)c2ccccc2C(F)(F)F)c(C)c1. The number of nitrogens with one attached hydrogen (secondary N) is 1. The molecule has 0 aliphatic carbocycles. The van der Waals surface area contributed by atoms with Gasteiger partial charge in [-0.15, -0.1) is 0 Å². The number of sulfonamides is 1. The van der Waals surface area contributed by atoms with Crippen LogP contribution < -0.4 is 14.5 Å². The van der Waals surface area contributed by atoms with Crippen molar-refractivity contribution in [3.63, 3.8) is 0 Å². The van der Waals surface area contributed by atoms with Crippen molar-refractivity contribution in [3.8, 4) is 0 Å². The minimum absolute atomic E-state index is 0.000763. The Morgan fingerprint density at radius 3 is 2.21 bits per heavy atom. The highest BCUT2D eigenvalue weighted by molar-refractivity contribution is 7.93. The van der Waals surface area contributed by atoms with Gasteiger partial charge < -0.3 is 10.2 Å². The van der Waals surface area contributed by atoms with E-state index in [0.29, 0.717) is 11.1 Å². The zero-order valence-corrected chi connectivity index (χ0v) is 21.9. The Kier molecular flexibility index (Phi) is 7.00. The quantitative estimate of drug-likeness (QED) is 0.478. The molecule has 0 saturated carbocycles. The van der Waals surface area contributed by atoms with E-state index in [0.717, 1.165) is 33.9 Å². The van der Waals surface area contributed by atoms with Gasteiger partial charge in [-0.3, -0.25) is 13.9 Å². The molecule has 38 heavy (non-hydrogen) atoms. The van der Waals surface area contributed by atoms with Gasteiger partial charge in [-0.2, -0.15) is 13.2 Å². The van der Waals surface area contributed by atoms with Crippen LogP contribution in [0.25, 0.3) is 0 Å². The first-order chi connectivity index (χ1) is 17.7. The molecule has 0 saturated heterocycles. The first kappa shape index (κ1) is 27.2. The largest absolute Gasteiger partial charge is 0.418 e. The average molecular weight is 546 g/mol. The van der Waals surface area contributed by atoms with Crippen LogP contribution in [0.3, 0.4) is 0 Å². The third-order valence-corrected chi connectivity index (χ3v) is 8.55. The van der Waals surface area contributed by atoms with E-state index in [1.165, 1.54) is 24.3 Å². The summed E-state index contributed by atoms with van der Waals surface area (Å²) >= 11 is 0. The Balaban J connectivity index is 1.80. The number of halogens is 3. The number of para-hydroxylation sites is 3. The first-order valence-electron chi connectivity index (χ1n) is 11.7. The van der Waals surface area contributed by atoms with Crippen LogP contribution in [0.15, 0.2) is 65.6 Å². The molecule has 0 aromatic heterocycles. The maximum Gasteiger partial charge on any atom is 0.418 e. The zero-order chi connectivity index (χ0) is 28.0. The molecule has 0 fully saturated rings. The van der Waals surface area contributed by atoms with Crippen molar-refractivity contribution in [1.82, 2.24) is 0 Å². The van der Waals surface area contributed by atoms with Crippen molar-refractivity contribution in [2.24, 2.45) is 0 Å². The van der Waals surface area contributed by atoms with Crippen molar-refractivity contribution < 1.29 is 31.2 Å². The van der Waals surface area contributed by atoms with Crippen molar-refractivity contribution >= 4 is 38.9 Å². The highest BCUT2D eigenvalue weighted by Crippen LogP contribution is 2.40. The van der Waals surface area contributed by atoms with Crippen LogP contribution in [-0.4, -0.2) is 33.3 Å².